The summed E-state index contributed by atoms with van der Waals surface area (Å²) in [6.07, 6.45) is 8.46. The topological polar surface area (TPSA) is 120 Å². The zero-order valence-corrected chi connectivity index (χ0v) is 11.7. The third kappa shape index (κ3) is 2.65. The molecular formula is C12H10N2O4S2. The molecule has 0 saturated carbocycles. The Labute approximate surface area is 118 Å². The molecule has 20 heavy (non-hydrogen) atoms. The second kappa shape index (κ2) is 5.35. The van der Waals surface area contributed by atoms with Crippen LogP contribution in [0.4, 0.5) is 0 Å². The van der Waals surface area contributed by atoms with E-state index in [-0.39, 0.29) is 32.3 Å². The fourth-order valence-corrected chi connectivity index (χ4v) is 2.98. The molecule has 0 unspecified atom stereocenters. The second-order valence-corrected chi connectivity index (χ2v) is 5.80. The molecule has 2 aliphatic carbocycles. The number of hydrogen-bond acceptors (Lipinski definition) is 6. The number of rotatable bonds is 0. The molecule has 2 rings (SSSR count). The molecule has 0 heterocycles. The van der Waals surface area contributed by atoms with Crippen molar-refractivity contribution < 1.29 is 16.8 Å². The molecule has 0 radical (unpaired) electrons. The maximum absolute atomic E-state index is 11.3. The maximum atomic E-state index is 11.3. The quantitative estimate of drug-likeness (QED) is 0.447. The van der Waals surface area contributed by atoms with Crippen LogP contribution in [0.1, 0.15) is 0 Å². The molecule has 2 aliphatic rings. The Hall–Kier alpha value is -2.32. The molecule has 6 nitrogen and oxygen atoms in total. The van der Waals surface area contributed by atoms with Crippen molar-refractivity contribution in [3.05, 3.63) is 59.0 Å². The lowest BCUT2D eigenvalue weighted by Crippen LogP contribution is -2.16. The minimum absolute atomic E-state index is 0.0681. The van der Waals surface area contributed by atoms with Crippen molar-refractivity contribution in [3.63, 3.8) is 0 Å². The minimum Gasteiger partial charge on any atom is -0.399 e. The fourth-order valence-electron chi connectivity index (χ4n) is 1.80. The summed E-state index contributed by atoms with van der Waals surface area (Å²) < 4.78 is 45.0. The summed E-state index contributed by atoms with van der Waals surface area (Å²) >= 11 is 0. The van der Waals surface area contributed by atoms with Gasteiger partial charge < -0.3 is 11.5 Å². The van der Waals surface area contributed by atoms with Crippen molar-refractivity contribution in [2.45, 2.75) is 0 Å². The molecule has 0 aromatic carbocycles. The van der Waals surface area contributed by atoms with Crippen molar-refractivity contribution >= 4 is 30.3 Å². The number of allylic oxidation sites excluding steroid dienone is 8. The minimum atomic E-state index is -2.54. The lowest BCUT2D eigenvalue weighted by molar-refractivity contribution is 0.625. The molecule has 0 spiro atoms. The molecule has 0 fully saturated rings. The van der Waals surface area contributed by atoms with E-state index in [1.807, 2.05) is 0 Å². The van der Waals surface area contributed by atoms with E-state index < -0.39 is 20.6 Å². The van der Waals surface area contributed by atoms with Gasteiger partial charge in [0.05, 0.1) is 0 Å². The summed E-state index contributed by atoms with van der Waals surface area (Å²) in [5.41, 5.74) is 12.2. The van der Waals surface area contributed by atoms with E-state index in [0.29, 0.717) is 0 Å². The van der Waals surface area contributed by atoms with E-state index in [9.17, 15) is 16.8 Å². The summed E-state index contributed by atoms with van der Waals surface area (Å²) in [5.74, 6) is 0. The first kappa shape index (κ1) is 14.1. The van der Waals surface area contributed by atoms with E-state index in [4.69, 9.17) is 11.5 Å². The highest BCUT2D eigenvalue weighted by Gasteiger charge is 2.18. The van der Waals surface area contributed by atoms with Gasteiger partial charge in [-0.1, -0.05) is 12.2 Å². The molecule has 0 aromatic rings. The average Bonchev–Trinajstić information content (AvgIpc) is 2.38. The highest BCUT2D eigenvalue weighted by Crippen LogP contribution is 2.20. The first-order chi connectivity index (χ1) is 9.40. The lowest BCUT2D eigenvalue weighted by Gasteiger charge is -2.13. The monoisotopic (exact) mass is 310 g/mol. The lowest BCUT2D eigenvalue weighted by atomic mass is 9.94. The van der Waals surface area contributed by atoms with Gasteiger partial charge in [0, 0.05) is 22.5 Å². The van der Waals surface area contributed by atoms with Gasteiger partial charge in [-0.2, -0.15) is 16.8 Å². The van der Waals surface area contributed by atoms with Crippen molar-refractivity contribution in [2.24, 2.45) is 11.5 Å². The second-order valence-electron chi connectivity index (χ2n) is 3.98. The molecule has 0 aliphatic heterocycles. The van der Waals surface area contributed by atoms with Crippen LogP contribution in [0.5, 0.6) is 0 Å². The van der Waals surface area contributed by atoms with Crippen LogP contribution in [0.15, 0.2) is 59.0 Å². The Morgan fingerprint density at radius 3 is 1.30 bits per heavy atom. The summed E-state index contributed by atoms with van der Waals surface area (Å²) in [7, 11) is -5.08. The smallest absolute Gasteiger partial charge is 0.222 e. The average molecular weight is 310 g/mol. The Morgan fingerprint density at radius 2 is 1.00 bits per heavy atom. The van der Waals surface area contributed by atoms with Crippen LogP contribution < -0.4 is 11.5 Å². The molecule has 0 bridgehead atoms. The highest BCUT2D eigenvalue weighted by atomic mass is 32.2. The Balaban J connectivity index is 2.83. The van der Waals surface area contributed by atoms with Crippen molar-refractivity contribution in [3.8, 4) is 0 Å². The highest BCUT2D eigenvalue weighted by molar-refractivity contribution is 7.74. The van der Waals surface area contributed by atoms with Crippen LogP contribution in [0.2, 0.25) is 0 Å². The van der Waals surface area contributed by atoms with E-state index in [1.165, 1.54) is 36.5 Å². The molecule has 0 saturated heterocycles. The molecule has 8 heteroatoms. The molecule has 0 aromatic heterocycles. The van der Waals surface area contributed by atoms with Crippen LogP contribution in [-0.2, 0) is 20.6 Å². The number of nitrogens with two attached hydrogens (primary N) is 2. The van der Waals surface area contributed by atoms with Gasteiger partial charge in [-0.15, -0.1) is 0 Å². The number of hydrogen-bond donors (Lipinski definition) is 2. The first-order valence-corrected chi connectivity index (χ1v) is 7.53. The van der Waals surface area contributed by atoms with Crippen LogP contribution >= 0.6 is 0 Å². The normalized spacial score (nSPS) is 21.6. The van der Waals surface area contributed by atoms with Gasteiger partial charge >= 0.3 is 0 Å². The fraction of sp³-hybridized carbons (Fsp3) is 0. The predicted molar refractivity (Wildman–Crippen MR) is 77.7 cm³/mol. The van der Waals surface area contributed by atoms with Crippen LogP contribution in [0.25, 0.3) is 0 Å². The Bertz CT molecular complexity index is 817. The van der Waals surface area contributed by atoms with Crippen LogP contribution in [0.3, 0.4) is 0 Å². The summed E-state index contributed by atoms with van der Waals surface area (Å²) in [6, 6.07) is 0. The zero-order chi connectivity index (χ0) is 14.9. The van der Waals surface area contributed by atoms with Crippen LogP contribution in [0, 0.1) is 0 Å². The standard InChI is InChI=1S/C12H10N2O4S2/c13-7-1-3-9(11(5-7)19(15)16)10-4-2-8(14)6-12(10)20(17)18/h1-6H,13-14H2. The molecular weight excluding hydrogens is 300 g/mol. The Morgan fingerprint density at radius 1 is 0.650 bits per heavy atom. The molecule has 0 atom stereocenters. The summed E-state index contributed by atoms with van der Waals surface area (Å²) in [5, 5.41) is 0. The van der Waals surface area contributed by atoms with Crippen molar-refractivity contribution in [1.82, 2.24) is 0 Å². The van der Waals surface area contributed by atoms with Gasteiger partial charge in [0.1, 0.15) is 9.73 Å². The summed E-state index contributed by atoms with van der Waals surface area (Å²) in [4.78, 5) is -0.136. The Kier molecular flexibility index (Phi) is 3.77. The largest absolute Gasteiger partial charge is 0.399 e. The van der Waals surface area contributed by atoms with Gasteiger partial charge in [0.15, 0.2) is 0 Å². The molecule has 0 amide bonds. The zero-order valence-electron chi connectivity index (χ0n) is 10.1. The van der Waals surface area contributed by atoms with E-state index in [0.717, 1.165) is 0 Å². The SMILES string of the molecule is NC1=CC(=S(=O)=O)C(=C2C=CC(N)=CC2=S(=O)=O)C=C1. The van der Waals surface area contributed by atoms with Gasteiger partial charge in [-0.3, -0.25) is 0 Å². The van der Waals surface area contributed by atoms with Crippen molar-refractivity contribution in [1.29, 1.82) is 0 Å². The third-order valence-electron chi connectivity index (χ3n) is 2.66. The molecule has 104 valence electrons. The van der Waals surface area contributed by atoms with E-state index >= 15 is 0 Å². The van der Waals surface area contributed by atoms with Gasteiger partial charge in [-0.25, -0.2) is 0 Å². The molecule has 4 N–H and O–H groups in total. The van der Waals surface area contributed by atoms with Gasteiger partial charge in [-0.05, 0) is 24.3 Å². The summed E-state index contributed by atoms with van der Waals surface area (Å²) in [6.45, 7) is 0. The van der Waals surface area contributed by atoms with Crippen molar-refractivity contribution in [2.75, 3.05) is 0 Å². The van der Waals surface area contributed by atoms with E-state index in [2.05, 4.69) is 0 Å². The first-order valence-electron chi connectivity index (χ1n) is 5.38. The predicted octanol–water partition coefficient (Wildman–Crippen LogP) is -0.789. The van der Waals surface area contributed by atoms with Crippen LogP contribution in [-0.4, -0.2) is 26.6 Å². The maximum Gasteiger partial charge on any atom is 0.222 e. The van der Waals surface area contributed by atoms with Gasteiger partial charge in [0.25, 0.3) is 0 Å². The van der Waals surface area contributed by atoms with E-state index in [1.54, 1.807) is 0 Å². The third-order valence-corrected chi connectivity index (χ3v) is 4.05. The van der Waals surface area contributed by atoms with Gasteiger partial charge in [0.2, 0.25) is 20.6 Å².